The van der Waals surface area contributed by atoms with E-state index in [9.17, 15) is 9.59 Å². The van der Waals surface area contributed by atoms with Gasteiger partial charge < -0.3 is 14.5 Å². The van der Waals surface area contributed by atoms with Crippen LogP contribution in [0.2, 0.25) is 0 Å². The summed E-state index contributed by atoms with van der Waals surface area (Å²) < 4.78 is 1.62. The second-order valence-electron chi connectivity index (χ2n) is 6.18. The Hall–Kier alpha value is -2.82. The van der Waals surface area contributed by atoms with Crippen molar-refractivity contribution in [1.82, 2.24) is 14.5 Å². The highest BCUT2D eigenvalue weighted by Crippen LogP contribution is 2.18. The molecule has 24 heavy (non-hydrogen) atoms. The maximum atomic E-state index is 12.7. The average molecular weight is 323 g/mol. The summed E-state index contributed by atoms with van der Waals surface area (Å²) in [5, 5.41) is 1.17. The van der Waals surface area contributed by atoms with Gasteiger partial charge in [0.15, 0.2) is 0 Å². The van der Waals surface area contributed by atoms with Gasteiger partial charge in [-0.3, -0.25) is 9.59 Å². The van der Waals surface area contributed by atoms with Gasteiger partial charge in [-0.05, 0) is 36.6 Å². The lowest BCUT2D eigenvalue weighted by molar-refractivity contribution is 0.0824. The average Bonchev–Trinajstić information content (AvgIpc) is 2.97. The van der Waals surface area contributed by atoms with Crippen LogP contribution in [0.3, 0.4) is 0 Å². The van der Waals surface area contributed by atoms with Gasteiger partial charge in [-0.15, -0.1) is 0 Å². The molecular weight excluding hydrogens is 302 g/mol. The van der Waals surface area contributed by atoms with E-state index in [-0.39, 0.29) is 17.0 Å². The van der Waals surface area contributed by atoms with E-state index < -0.39 is 0 Å². The summed E-state index contributed by atoms with van der Waals surface area (Å²) in [7, 11) is 3.31. The Morgan fingerprint density at radius 2 is 1.96 bits per heavy atom. The molecule has 5 heteroatoms. The number of hydrogen-bond acceptors (Lipinski definition) is 2. The Morgan fingerprint density at radius 1 is 1.21 bits per heavy atom. The number of H-pyrrole nitrogens is 1. The van der Waals surface area contributed by atoms with E-state index in [1.807, 2.05) is 30.5 Å². The van der Waals surface area contributed by atoms with Crippen molar-refractivity contribution >= 4 is 16.8 Å². The SMILES string of the molecule is Cc1ccn(CCc2c[nH]c3ccccc23)c(=O)c1C(=O)N(C)C. The standard InChI is InChI=1S/C19H21N3O2/c1-13-8-10-22(19(24)17(13)18(23)21(2)3)11-9-14-12-20-16-7-5-4-6-15(14)16/h4-8,10,12,20H,9,11H2,1-3H3. The second-order valence-corrected chi connectivity index (χ2v) is 6.18. The van der Waals surface area contributed by atoms with Gasteiger partial charge in [0.2, 0.25) is 0 Å². The number of nitrogens with one attached hydrogen (secondary N) is 1. The summed E-state index contributed by atoms with van der Waals surface area (Å²) in [6, 6.07) is 9.93. The van der Waals surface area contributed by atoms with Gasteiger partial charge in [-0.2, -0.15) is 0 Å². The molecule has 1 aromatic carbocycles. The summed E-state index contributed by atoms with van der Waals surface area (Å²) in [4.78, 5) is 29.6. The van der Waals surface area contributed by atoms with Gasteiger partial charge in [0.05, 0.1) is 0 Å². The van der Waals surface area contributed by atoms with E-state index in [4.69, 9.17) is 0 Å². The van der Waals surface area contributed by atoms with E-state index in [2.05, 4.69) is 11.1 Å². The Morgan fingerprint density at radius 3 is 2.71 bits per heavy atom. The van der Waals surface area contributed by atoms with Crippen molar-refractivity contribution in [2.45, 2.75) is 19.9 Å². The molecule has 0 bridgehead atoms. The first-order valence-electron chi connectivity index (χ1n) is 7.95. The van der Waals surface area contributed by atoms with Crippen LogP contribution in [-0.2, 0) is 13.0 Å². The van der Waals surface area contributed by atoms with Crippen LogP contribution in [0.15, 0.2) is 47.5 Å². The van der Waals surface area contributed by atoms with Crippen LogP contribution in [-0.4, -0.2) is 34.5 Å². The Bertz CT molecular complexity index is 951. The highest BCUT2D eigenvalue weighted by atomic mass is 16.2. The van der Waals surface area contributed by atoms with Gasteiger partial charge in [0.25, 0.3) is 11.5 Å². The van der Waals surface area contributed by atoms with E-state index in [1.54, 1.807) is 31.8 Å². The number of hydrogen-bond donors (Lipinski definition) is 1. The molecule has 0 saturated heterocycles. The largest absolute Gasteiger partial charge is 0.361 e. The number of nitrogens with zero attached hydrogens (tertiary/aromatic N) is 2. The normalized spacial score (nSPS) is 11.0. The van der Waals surface area contributed by atoms with Crippen LogP contribution < -0.4 is 5.56 Å². The Balaban J connectivity index is 1.90. The number of amides is 1. The molecule has 0 fully saturated rings. The predicted octanol–water partition coefficient (Wildman–Crippen LogP) is 2.58. The smallest absolute Gasteiger partial charge is 0.263 e. The van der Waals surface area contributed by atoms with Crippen molar-refractivity contribution in [3.8, 4) is 0 Å². The lowest BCUT2D eigenvalue weighted by Crippen LogP contribution is -2.33. The van der Waals surface area contributed by atoms with E-state index >= 15 is 0 Å². The molecule has 0 spiro atoms. The van der Waals surface area contributed by atoms with Crippen molar-refractivity contribution in [1.29, 1.82) is 0 Å². The number of rotatable bonds is 4. The van der Waals surface area contributed by atoms with Crippen molar-refractivity contribution in [2.24, 2.45) is 0 Å². The first kappa shape index (κ1) is 16.1. The number of aromatic amines is 1. The minimum atomic E-state index is -0.251. The molecule has 5 nitrogen and oxygen atoms in total. The van der Waals surface area contributed by atoms with Gasteiger partial charge in [-0.1, -0.05) is 18.2 Å². The monoisotopic (exact) mass is 323 g/mol. The predicted molar refractivity (Wildman–Crippen MR) is 95.5 cm³/mol. The molecule has 0 aliphatic heterocycles. The van der Waals surface area contributed by atoms with Crippen molar-refractivity contribution < 1.29 is 4.79 Å². The summed E-state index contributed by atoms with van der Waals surface area (Å²) in [6.45, 7) is 2.33. The quantitative estimate of drug-likeness (QED) is 0.802. The third kappa shape index (κ3) is 2.85. The lowest BCUT2D eigenvalue weighted by Gasteiger charge is -2.14. The fraction of sp³-hybridized carbons (Fsp3) is 0.263. The minimum Gasteiger partial charge on any atom is -0.361 e. The van der Waals surface area contributed by atoms with E-state index in [1.165, 1.54) is 15.8 Å². The number of aromatic nitrogens is 2. The highest BCUT2D eigenvalue weighted by Gasteiger charge is 2.17. The maximum Gasteiger partial charge on any atom is 0.263 e. The molecule has 3 rings (SSSR count). The molecule has 0 atom stereocenters. The molecule has 124 valence electrons. The van der Waals surface area contributed by atoms with Crippen molar-refractivity contribution in [3.63, 3.8) is 0 Å². The number of carbonyl (C=O) groups excluding carboxylic acids is 1. The molecule has 0 radical (unpaired) electrons. The maximum absolute atomic E-state index is 12.7. The molecule has 0 saturated carbocycles. The third-order valence-corrected chi connectivity index (χ3v) is 4.29. The fourth-order valence-electron chi connectivity index (χ4n) is 2.90. The van der Waals surface area contributed by atoms with Gasteiger partial charge in [0, 0.05) is 43.9 Å². The minimum absolute atomic E-state index is 0.228. The number of pyridine rings is 1. The third-order valence-electron chi connectivity index (χ3n) is 4.29. The highest BCUT2D eigenvalue weighted by molar-refractivity contribution is 5.94. The van der Waals surface area contributed by atoms with E-state index in [0.717, 1.165) is 11.9 Å². The molecule has 1 N–H and O–H groups in total. The number of para-hydroxylation sites is 1. The fourth-order valence-corrected chi connectivity index (χ4v) is 2.90. The molecule has 2 heterocycles. The molecule has 2 aromatic heterocycles. The molecule has 3 aromatic rings. The summed E-state index contributed by atoms with van der Waals surface area (Å²) in [6.07, 6.45) is 4.47. The molecular formula is C19H21N3O2. The van der Waals surface area contributed by atoms with Crippen molar-refractivity contribution in [3.05, 3.63) is 69.8 Å². The second kappa shape index (κ2) is 6.35. The van der Waals surface area contributed by atoms with Crippen LogP contribution in [0.5, 0.6) is 0 Å². The van der Waals surface area contributed by atoms with Gasteiger partial charge in [-0.25, -0.2) is 0 Å². The van der Waals surface area contributed by atoms with Gasteiger partial charge in [0.1, 0.15) is 5.56 Å². The topological polar surface area (TPSA) is 58.1 Å². The van der Waals surface area contributed by atoms with Crippen molar-refractivity contribution in [2.75, 3.05) is 14.1 Å². The van der Waals surface area contributed by atoms with Gasteiger partial charge >= 0.3 is 0 Å². The van der Waals surface area contributed by atoms with Crippen LogP contribution in [0.25, 0.3) is 10.9 Å². The van der Waals surface area contributed by atoms with Crippen LogP contribution in [0.1, 0.15) is 21.5 Å². The lowest BCUT2D eigenvalue weighted by atomic mass is 10.1. The zero-order chi connectivity index (χ0) is 17.3. The molecule has 0 unspecified atom stereocenters. The van der Waals surface area contributed by atoms with E-state index in [0.29, 0.717) is 12.1 Å². The van der Waals surface area contributed by atoms with Crippen LogP contribution in [0.4, 0.5) is 0 Å². The van der Waals surface area contributed by atoms with Crippen LogP contribution in [0, 0.1) is 6.92 Å². The number of aryl methyl sites for hydroxylation is 3. The molecule has 1 amide bonds. The Kier molecular flexibility index (Phi) is 4.25. The number of carbonyl (C=O) groups is 1. The first-order valence-corrected chi connectivity index (χ1v) is 7.95. The number of fused-ring (bicyclic) bond motifs is 1. The molecule has 0 aliphatic carbocycles. The Labute approximate surface area is 140 Å². The molecule has 0 aliphatic rings. The zero-order valence-electron chi connectivity index (χ0n) is 14.2. The summed E-state index contributed by atoms with van der Waals surface area (Å²) in [5.74, 6) is -0.251. The summed E-state index contributed by atoms with van der Waals surface area (Å²) >= 11 is 0. The first-order chi connectivity index (χ1) is 11.5. The van der Waals surface area contributed by atoms with Crippen LogP contribution >= 0.6 is 0 Å². The zero-order valence-corrected chi connectivity index (χ0v) is 14.2. The summed E-state index contributed by atoms with van der Waals surface area (Å²) in [5.41, 5.74) is 2.99. The number of benzene rings is 1.